The van der Waals surface area contributed by atoms with Crippen molar-refractivity contribution in [2.45, 2.75) is 19.8 Å². The maximum atomic E-state index is 12.4. The summed E-state index contributed by atoms with van der Waals surface area (Å²) in [6.45, 7) is 3.97. The minimum absolute atomic E-state index is 0.0921. The molecule has 0 amide bonds. The van der Waals surface area contributed by atoms with Crippen LogP contribution in [0.5, 0.6) is 0 Å². The zero-order valence-electron chi connectivity index (χ0n) is 9.74. The third-order valence-electron chi connectivity index (χ3n) is 2.73. The van der Waals surface area contributed by atoms with Gasteiger partial charge in [0.1, 0.15) is 0 Å². The lowest BCUT2D eigenvalue weighted by Gasteiger charge is -2.09. The highest BCUT2D eigenvalue weighted by molar-refractivity contribution is 9.10. The maximum Gasteiger partial charge on any atom is 0.181 e. The molecule has 0 saturated carbocycles. The van der Waals surface area contributed by atoms with Gasteiger partial charge in [-0.3, -0.25) is 4.79 Å². The average Bonchev–Trinajstić information content (AvgIpc) is 2.68. The van der Waals surface area contributed by atoms with Crippen molar-refractivity contribution < 1.29 is 4.79 Å². The van der Waals surface area contributed by atoms with Gasteiger partial charge in [0, 0.05) is 15.3 Å². The Morgan fingerprint density at radius 3 is 2.47 bits per heavy atom. The molecule has 1 unspecified atom stereocenters. The second-order valence-electron chi connectivity index (χ2n) is 4.03. The molecule has 1 aromatic carbocycles. The molecule has 1 nitrogen and oxygen atoms in total. The van der Waals surface area contributed by atoms with Crippen molar-refractivity contribution in [2.75, 3.05) is 0 Å². The van der Waals surface area contributed by atoms with Crippen LogP contribution in [-0.4, -0.2) is 5.78 Å². The Labute approximate surface area is 114 Å². The number of halogens is 1. The number of rotatable bonds is 3. The summed E-state index contributed by atoms with van der Waals surface area (Å²) in [5.74, 6) is 0.0896. The minimum atomic E-state index is -0.0921. The Morgan fingerprint density at radius 2 is 1.94 bits per heavy atom. The summed E-state index contributed by atoms with van der Waals surface area (Å²) >= 11 is 5.00. The van der Waals surface area contributed by atoms with Crippen molar-refractivity contribution in [1.29, 1.82) is 0 Å². The number of carbonyl (C=O) groups is 1. The monoisotopic (exact) mass is 308 g/mol. The molecular formula is C14H13BrOS. The highest BCUT2D eigenvalue weighted by atomic mass is 79.9. The van der Waals surface area contributed by atoms with Crippen LogP contribution in [0.2, 0.25) is 0 Å². The van der Waals surface area contributed by atoms with E-state index < -0.39 is 0 Å². The molecule has 1 heterocycles. The van der Waals surface area contributed by atoms with Crippen LogP contribution in [0.4, 0.5) is 0 Å². The van der Waals surface area contributed by atoms with Crippen molar-refractivity contribution in [3.63, 3.8) is 0 Å². The Bertz CT molecular complexity index is 530. The maximum absolute atomic E-state index is 12.4. The number of Topliss-reactive ketones (excluding diaryl/α,β-unsaturated/α-hetero) is 1. The van der Waals surface area contributed by atoms with Crippen molar-refractivity contribution in [3.05, 3.63) is 56.2 Å². The highest BCUT2D eigenvalue weighted by Gasteiger charge is 2.21. The molecule has 17 heavy (non-hydrogen) atoms. The van der Waals surface area contributed by atoms with Gasteiger partial charge in [-0.2, -0.15) is 0 Å². The summed E-state index contributed by atoms with van der Waals surface area (Å²) in [4.78, 5) is 14.3. The molecule has 0 N–H and O–H groups in total. The molecule has 1 atom stereocenters. The van der Waals surface area contributed by atoms with Crippen LogP contribution in [0.15, 0.2) is 40.9 Å². The first-order chi connectivity index (χ1) is 8.09. The standard InChI is InChI=1S/C14H13BrOS/c1-9-8-12(15)14(17-9)13(16)10(2)11-6-4-3-5-7-11/h3-8,10H,1-2H3. The molecule has 0 aliphatic heterocycles. The van der Waals surface area contributed by atoms with E-state index >= 15 is 0 Å². The van der Waals surface area contributed by atoms with Crippen LogP contribution < -0.4 is 0 Å². The molecule has 0 bridgehead atoms. The first-order valence-electron chi connectivity index (χ1n) is 5.44. The summed E-state index contributed by atoms with van der Waals surface area (Å²) < 4.78 is 0.910. The predicted molar refractivity (Wildman–Crippen MR) is 75.9 cm³/mol. The van der Waals surface area contributed by atoms with Gasteiger partial charge in [-0.1, -0.05) is 37.3 Å². The summed E-state index contributed by atoms with van der Waals surface area (Å²) in [6, 6.07) is 11.9. The third-order valence-corrected chi connectivity index (χ3v) is 4.68. The average molecular weight is 309 g/mol. The summed E-state index contributed by atoms with van der Waals surface area (Å²) in [5, 5.41) is 0. The van der Waals surface area contributed by atoms with Gasteiger partial charge >= 0.3 is 0 Å². The summed E-state index contributed by atoms with van der Waals surface area (Å²) in [7, 11) is 0. The smallest absolute Gasteiger partial charge is 0.181 e. The minimum Gasteiger partial charge on any atom is -0.293 e. The molecule has 88 valence electrons. The Hall–Kier alpha value is -0.930. The fourth-order valence-electron chi connectivity index (χ4n) is 1.74. The number of benzene rings is 1. The molecule has 0 aliphatic rings. The number of thiophene rings is 1. The fourth-order valence-corrected chi connectivity index (χ4v) is 3.61. The van der Waals surface area contributed by atoms with E-state index in [1.807, 2.05) is 50.2 Å². The quantitative estimate of drug-likeness (QED) is 0.744. The van der Waals surface area contributed by atoms with Crippen molar-refractivity contribution in [1.82, 2.24) is 0 Å². The van der Waals surface area contributed by atoms with Gasteiger partial charge < -0.3 is 0 Å². The number of carbonyl (C=O) groups excluding carboxylic acids is 1. The molecule has 0 fully saturated rings. The number of hydrogen-bond donors (Lipinski definition) is 0. The van der Waals surface area contributed by atoms with Gasteiger partial charge in [-0.05, 0) is 34.5 Å². The number of aryl methyl sites for hydroxylation is 1. The lowest BCUT2D eigenvalue weighted by Crippen LogP contribution is -2.08. The van der Waals surface area contributed by atoms with Crippen LogP contribution in [0.3, 0.4) is 0 Å². The van der Waals surface area contributed by atoms with E-state index in [0.717, 1.165) is 19.8 Å². The third kappa shape index (κ3) is 2.67. The van der Waals surface area contributed by atoms with E-state index in [2.05, 4.69) is 15.9 Å². The van der Waals surface area contributed by atoms with Gasteiger partial charge in [0.25, 0.3) is 0 Å². The largest absolute Gasteiger partial charge is 0.293 e. The predicted octanol–water partition coefficient (Wildman–Crippen LogP) is 4.81. The molecule has 2 aromatic rings. The van der Waals surface area contributed by atoms with Gasteiger partial charge in [-0.15, -0.1) is 11.3 Å². The number of hydrogen-bond acceptors (Lipinski definition) is 2. The van der Waals surface area contributed by atoms with Crippen LogP contribution in [0, 0.1) is 6.92 Å². The second kappa shape index (κ2) is 5.15. The van der Waals surface area contributed by atoms with Crippen LogP contribution in [-0.2, 0) is 0 Å². The molecule has 0 radical (unpaired) electrons. The molecule has 2 rings (SSSR count). The van der Waals surface area contributed by atoms with E-state index in [9.17, 15) is 4.79 Å². The normalized spacial score (nSPS) is 12.4. The molecule has 0 saturated heterocycles. The topological polar surface area (TPSA) is 17.1 Å². The Balaban J connectivity index is 2.30. The van der Waals surface area contributed by atoms with Gasteiger partial charge in [-0.25, -0.2) is 0 Å². The Kier molecular flexibility index (Phi) is 3.79. The van der Waals surface area contributed by atoms with E-state index in [4.69, 9.17) is 0 Å². The van der Waals surface area contributed by atoms with E-state index in [-0.39, 0.29) is 11.7 Å². The lowest BCUT2D eigenvalue weighted by atomic mass is 9.96. The zero-order chi connectivity index (χ0) is 12.4. The zero-order valence-corrected chi connectivity index (χ0v) is 12.1. The van der Waals surface area contributed by atoms with Crippen molar-refractivity contribution in [2.24, 2.45) is 0 Å². The Morgan fingerprint density at radius 1 is 1.29 bits per heavy atom. The second-order valence-corrected chi connectivity index (χ2v) is 6.14. The fraction of sp³-hybridized carbons (Fsp3) is 0.214. The molecule has 1 aromatic heterocycles. The lowest BCUT2D eigenvalue weighted by molar-refractivity contribution is 0.0969. The van der Waals surface area contributed by atoms with Crippen LogP contribution >= 0.6 is 27.3 Å². The van der Waals surface area contributed by atoms with Crippen molar-refractivity contribution in [3.8, 4) is 0 Å². The van der Waals surface area contributed by atoms with Gasteiger partial charge in [0.05, 0.1) is 4.88 Å². The van der Waals surface area contributed by atoms with Crippen molar-refractivity contribution >= 4 is 33.0 Å². The molecular weight excluding hydrogens is 296 g/mol. The van der Waals surface area contributed by atoms with Gasteiger partial charge in [0.15, 0.2) is 5.78 Å². The number of ketones is 1. The SMILES string of the molecule is Cc1cc(Br)c(C(=O)C(C)c2ccccc2)s1. The highest BCUT2D eigenvalue weighted by Crippen LogP contribution is 2.31. The van der Waals surface area contributed by atoms with E-state index in [0.29, 0.717) is 0 Å². The molecule has 0 spiro atoms. The summed E-state index contributed by atoms with van der Waals surface area (Å²) in [6.07, 6.45) is 0. The first kappa shape index (κ1) is 12.5. The molecule has 3 heteroatoms. The van der Waals surface area contributed by atoms with Gasteiger partial charge in [0.2, 0.25) is 0 Å². The van der Waals surface area contributed by atoms with E-state index in [1.165, 1.54) is 0 Å². The van der Waals surface area contributed by atoms with Crippen LogP contribution in [0.25, 0.3) is 0 Å². The summed E-state index contributed by atoms with van der Waals surface area (Å²) in [5.41, 5.74) is 1.07. The van der Waals surface area contributed by atoms with Crippen LogP contribution in [0.1, 0.15) is 33.0 Å². The van der Waals surface area contributed by atoms with E-state index in [1.54, 1.807) is 11.3 Å². The molecule has 0 aliphatic carbocycles. The first-order valence-corrected chi connectivity index (χ1v) is 7.05.